The van der Waals surface area contributed by atoms with Crippen molar-refractivity contribution in [3.63, 3.8) is 0 Å². The molecule has 0 fully saturated rings. The molecule has 0 aliphatic carbocycles. The van der Waals surface area contributed by atoms with Gasteiger partial charge in [-0.2, -0.15) is 0 Å². The summed E-state index contributed by atoms with van der Waals surface area (Å²) in [6, 6.07) is 7.59. The maximum Gasteiger partial charge on any atom is 0.162 e. The van der Waals surface area contributed by atoms with Gasteiger partial charge in [0.25, 0.3) is 0 Å². The standard InChI is InChI=1S/C10H4Br2Cl2N2/c11-6-3-1-5(2-4-6)10-15-8(13)7(12)9(14)16-10/h1-4H. The number of hydrogen-bond donors (Lipinski definition) is 0. The third-order valence-electron chi connectivity index (χ3n) is 1.87. The van der Waals surface area contributed by atoms with Crippen molar-refractivity contribution in [3.05, 3.63) is 43.5 Å². The Morgan fingerprint density at radius 3 is 1.88 bits per heavy atom. The molecule has 0 saturated heterocycles. The number of rotatable bonds is 1. The van der Waals surface area contributed by atoms with Crippen LogP contribution in [-0.4, -0.2) is 9.97 Å². The molecular formula is C10H4Br2Cl2N2. The summed E-state index contributed by atoms with van der Waals surface area (Å²) in [6.45, 7) is 0. The zero-order chi connectivity index (χ0) is 11.7. The highest BCUT2D eigenvalue weighted by Crippen LogP contribution is 2.30. The number of aromatic nitrogens is 2. The van der Waals surface area contributed by atoms with Crippen LogP contribution in [-0.2, 0) is 0 Å². The molecule has 1 aromatic heterocycles. The number of benzene rings is 1. The van der Waals surface area contributed by atoms with E-state index < -0.39 is 0 Å². The van der Waals surface area contributed by atoms with Crippen molar-refractivity contribution in [2.75, 3.05) is 0 Å². The molecule has 0 N–H and O–H groups in total. The Kier molecular flexibility index (Phi) is 3.85. The normalized spacial score (nSPS) is 10.5. The third kappa shape index (κ3) is 2.56. The first-order chi connectivity index (χ1) is 7.58. The predicted molar refractivity (Wildman–Crippen MR) is 72.9 cm³/mol. The Morgan fingerprint density at radius 2 is 1.38 bits per heavy atom. The lowest BCUT2D eigenvalue weighted by atomic mass is 10.2. The van der Waals surface area contributed by atoms with Crippen LogP contribution < -0.4 is 0 Å². The Labute approximate surface area is 119 Å². The average molecular weight is 383 g/mol. The summed E-state index contributed by atoms with van der Waals surface area (Å²) in [4.78, 5) is 8.28. The first-order valence-electron chi connectivity index (χ1n) is 4.22. The molecule has 0 atom stereocenters. The Balaban J connectivity index is 2.52. The van der Waals surface area contributed by atoms with E-state index in [2.05, 4.69) is 41.8 Å². The molecule has 0 unspecified atom stereocenters. The fraction of sp³-hybridized carbons (Fsp3) is 0. The second-order valence-electron chi connectivity index (χ2n) is 2.95. The lowest BCUT2D eigenvalue weighted by Gasteiger charge is -2.03. The highest BCUT2D eigenvalue weighted by atomic mass is 79.9. The van der Waals surface area contributed by atoms with Gasteiger partial charge in [0.15, 0.2) is 5.82 Å². The quantitative estimate of drug-likeness (QED) is 0.650. The van der Waals surface area contributed by atoms with Gasteiger partial charge in [-0.15, -0.1) is 0 Å². The van der Waals surface area contributed by atoms with Gasteiger partial charge in [-0.1, -0.05) is 51.3 Å². The van der Waals surface area contributed by atoms with Crippen molar-refractivity contribution in [2.24, 2.45) is 0 Å². The van der Waals surface area contributed by atoms with Gasteiger partial charge in [-0.25, -0.2) is 9.97 Å². The van der Waals surface area contributed by atoms with Crippen LogP contribution in [0.5, 0.6) is 0 Å². The van der Waals surface area contributed by atoms with Crippen LogP contribution in [0.25, 0.3) is 11.4 Å². The van der Waals surface area contributed by atoms with Crippen LogP contribution in [0.2, 0.25) is 10.3 Å². The number of halogens is 4. The fourth-order valence-electron chi connectivity index (χ4n) is 1.12. The molecule has 16 heavy (non-hydrogen) atoms. The van der Waals surface area contributed by atoms with Crippen molar-refractivity contribution in [1.82, 2.24) is 9.97 Å². The van der Waals surface area contributed by atoms with Crippen LogP contribution in [0.15, 0.2) is 33.2 Å². The summed E-state index contributed by atoms with van der Waals surface area (Å²) in [5.41, 5.74) is 0.861. The molecular weight excluding hydrogens is 379 g/mol. The van der Waals surface area contributed by atoms with E-state index in [0.29, 0.717) is 20.6 Å². The smallest absolute Gasteiger partial charge is 0.162 e. The van der Waals surface area contributed by atoms with Crippen LogP contribution in [0.4, 0.5) is 0 Å². The van der Waals surface area contributed by atoms with E-state index >= 15 is 0 Å². The summed E-state index contributed by atoms with van der Waals surface area (Å²) >= 11 is 18.4. The monoisotopic (exact) mass is 380 g/mol. The number of nitrogens with zero attached hydrogens (tertiary/aromatic N) is 2. The van der Waals surface area contributed by atoms with Crippen LogP contribution >= 0.6 is 55.1 Å². The van der Waals surface area contributed by atoms with Crippen LogP contribution in [0.3, 0.4) is 0 Å². The van der Waals surface area contributed by atoms with Crippen molar-refractivity contribution in [2.45, 2.75) is 0 Å². The minimum atomic E-state index is 0.304. The van der Waals surface area contributed by atoms with E-state index in [1.54, 1.807) is 0 Å². The number of hydrogen-bond acceptors (Lipinski definition) is 2. The molecule has 0 aliphatic rings. The second-order valence-corrected chi connectivity index (χ2v) is 5.37. The molecule has 82 valence electrons. The molecule has 0 bridgehead atoms. The fourth-order valence-corrected chi connectivity index (χ4v) is 1.95. The molecule has 1 aromatic carbocycles. The van der Waals surface area contributed by atoms with Gasteiger partial charge in [0, 0.05) is 10.0 Å². The second kappa shape index (κ2) is 5.00. The van der Waals surface area contributed by atoms with Gasteiger partial charge in [-0.3, -0.25) is 0 Å². The highest BCUT2D eigenvalue weighted by molar-refractivity contribution is 9.10. The molecule has 1 heterocycles. The average Bonchev–Trinajstić information content (AvgIpc) is 2.26. The third-order valence-corrected chi connectivity index (χ3v) is 4.16. The Bertz CT molecular complexity index is 506. The Hall–Kier alpha value is -0.160. The van der Waals surface area contributed by atoms with E-state index in [1.807, 2.05) is 24.3 Å². The van der Waals surface area contributed by atoms with E-state index in [4.69, 9.17) is 23.2 Å². The highest BCUT2D eigenvalue weighted by Gasteiger charge is 2.10. The van der Waals surface area contributed by atoms with Crippen LogP contribution in [0.1, 0.15) is 0 Å². The van der Waals surface area contributed by atoms with E-state index in [-0.39, 0.29) is 0 Å². The molecule has 0 saturated carbocycles. The van der Waals surface area contributed by atoms with Crippen molar-refractivity contribution in [3.8, 4) is 11.4 Å². The van der Waals surface area contributed by atoms with Crippen LogP contribution in [0, 0.1) is 0 Å². The molecule has 2 aromatic rings. The lowest BCUT2D eigenvalue weighted by Crippen LogP contribution is -1.91. The predicted octanol–water partition coefficient (Wildman–Crippen LogP) is 4.98. The lowest BCUT2D eigenvalue weighted by molar-refractivity contribution is 1.16. The summed E-state index contributed by atoms with van der Waals surface area (Å²) in [5, 5.41) is 0.607. The van der Waals surface area contributed by atoms with Crippen molar-refractivity contribution in [1.29, 1.82) is 0 Å². The van der Waals surface area contributed by atoms with Gasteiger partial charge >= 0.3 is 0 Å². The molecule has 0 radical (unpaired) electrons. The minimum Gasteiger partial charge on any atom is -0.215 e. The Morgan fingerprint density at radius 1 is 0.875 bits per heavy atom. The minimum absolute atomic E-state index is 0.304. The molecule has 2 nitrogen and oxygen atoms in total. The van der Waals surface area contributed by atoms with Gasteiger partial charge < -0.3 is 0 Å². The van der Waals surface area contributed by atoms with E-state index in [1.165, 1.54) is 0 Å². The first kappa shape index (κ1) is 12.3. The van der Waals surface area contributed by atoms with Crippen molar-refractivity contribution >= 4 is 55.1 Å². The first-order valence-corrected chi connectivity index (χ1v) is 6.56. The maximum absolute atomic E-state index is 5.91. The van der Waals surface area contributed by atoms with Crippen molar-refractivity contribution < 1.29 is 0 Å². The van der Waals surface area contributed by atoms with Gasteiger partial charge in [0.05, 0.1) is 4.47 Å². The van der Waals surface area contributed by atoms with E-state index in [0.717, 1.165) is 10.0 Å². The zero-order valence-corrected chi connectivity index (χ0v) is 12.4. The molecule has 2 rings (SSSR count). The summed E-state index contributed by atoms with van der Waals surface area (Å²) in [5.74, 6) is 0.505. The molecule has 6 heteroatoms. The summed E-state index contributed by atoms with van der Waals surface area (Å²) < 4.78 is 1.50. The molecule has 0 aliphatic heterocycles. The maximum atomic E-state index is 5.91. The van der Waals surface area contributed by atoms with Gasteiger partial charge in [0.2, 0.25) is 0 Å². The van der Waals surface area contributed by atoms with Gasteiger partial charge in [-0.05, 0) is 28.1 Å². The largest absolute Gasteiger partial charge is 0.215 e. The molecule has 0 amide bonds. The zero-order valence-electron chi connectivity index (χ0n) is 7.72. The summed E-state index contributed by atoms with van der Waals surface area (Å²) in [7, 11) is 0. The molecule has 0 spiro atoms. The van der Waals surface area contributed by atoms with E-state index in [9.17, 15) is 0 Å². The summed E-state index contributed by atoms with van der Waals surface area (Å²) in [6.07, 6.45) is 0. The topological polar surface area (TPSA) is 25.8 Å². The van der Waals surface area contributed by atoms with Gasteiger partial charge in [0.1, 0.15) is 10.3 Å². The SMILES string of the molecule is Clc1nc(-c2ccc(Br)cc2)nc(Cl)c1Br.